The summed E-state index contributed by atoms with van der Waals surface area (Å²) in [6.07, 6.45) is 2.64. The normalized spacial score (nSPS) is 23.0. The molecule has 4 nitrogen and oxygen atoms in total. The highest BCUT2D eigenvalue weighted by Gasteiger charge is 2.23. The highest BCUT2D eigenvalue weighted by Crippen LogP contribution is 2.16. The topological polar surface area (TPSA) is 43.8 Å². The second kappa shape index (κ2) is 6.09. The van der Waals surface area contributed by atoms with E-state index in [-0.39, 0.29) is 12.1 Å². The highest BCUT2D eigenvalue weighted by molar-refractivity contribution is 5.74. The summed E-state index contributed by atoms with van der Waals surface area (Å²) < 4.78 is 0. The summed E-state index contributed by atoms with van der Waals surface area (Å²) in [6.45, 7) is 6.32. The summed E-state index contributed by atoms with van der Waals surface area (Å²) in [6, 6.07) is 0.104. The first kappa shape index (κ1) is 13.3. The smallest absolute Gasteiger partial charge is 0.319 e. The summed E-state index contributed by atoms with van der Waals surface area (Å²) >= 11 is 0. The van der Waals surface area contributed by atoms with E-state index >= 15 is 0 Å². The fraction of sp³-hybridized carbons (Fsp3) is 0.917. The zero-order chi connectivity index (χ0) is 12.1. The number of aliphatic hydroxyl groups excluding tert-OH is 1. The molecule has 2 unspecified atom stereocenters. The number of amides is 2. The van der Waals surface area contributed by atoms with Crippen molar-refractivity contribution >= 4 is 6.03 Å². The van der Waals surface area contributed by atoms with Gasteiger partial charge in [0.05, 0.1) is 6.10 Å². The summed E-state index contributed by atoms with van der Waals surface area (Å²) in [7, 11) is 1.81. The lowest BCUT2D eigenvalue weighted by Gasteiger charge is -2.34. The molecule has 2 atom stereocenters. The van der Waals surface area contributed by atoms with E-state index in [1.807, 2.05) is 11.9 Å². The van der Waals surface area contributed by atoms with Gasteiger partial charge in [0.15, 0.2) is 0 Å². The van der Waals surface area contributed by atoms with Crippen LogP contribution in [0.1, 0.15) is 33.1 Å². The Hall–Kier alpha value is -0.770. The number of piperidine rings is 1. The van der Waals surface area contributed by atoms with Crippen molar-refractivity contribution in [2.24, 2.45) is 5.92 Å². The molecule has 0 radical (unpaired) electrons. The van der Waals surface area contributed by atoms with Gasteiger partial charge in [-0.2, -0.15) is 0 Å². The second-order valence-electron chi connectivity index (χ2n) is 5.04. The van der Waals surface area contributed by atoms with Crippen LogP contribution in [0, 0.1) is 5.92 Å². The van der Waals surface area contributed by atoms with Gasteiger partial charge in [0.1, 0.15) is 0 Å². The van der Waals surface area contributed by atoms with Gasteiger partial charge in [-0.05, 0) is 32.1 Å². The Morgan fingerprint density at radius 3 is 2.88 bits per heavy atom. The first-order valence-electron chi connectivity index (χ1n) is 6.18. The van der Waals surface area contributed by atoms with E-state index in [1.165, 1.54) is 6.42 Å². The van der Waals surface area contributed by atoms with Crippen LogP contribution in [-0.2, 0) is 0 Å². The molecule has 1 heterocycles. The number of urea groups is 1. The zero-order valence-corrected chi connectivity index (χ0v) is 10.6. The quantitative estimate of drug-likeness (QED) is 0.796. The third-order valence-electron chi connectivity index (χ3n) is 3.14. The maximum absolute atomic E-state index is 12.0. The van der Waals surface area contributed by atoms with Crippen molar-refractivity contribution in [3.63, 3.8) is 0 Å². The molecule has 0 aromatic heterocycles. The zero-order valence-electron chi connectivity index (χ0n) is 10.6. The van der Waals surface area contributed by atoms with Gasteiger partial charge >= 0.3 is 6.03 Å². The molecule has 0 spiro atoms. The van der Waals surface area contributed by atoms with Gasteiger partial charge in [-0.25, -0.2) is 4.79 Å². The molecule has 1 aliphatic heterocycles. The third kappa shape index (κ3) is 4.00. The first-order chi connectivity index (χ1) is 7.50. The van der Waals surface area contributed by atoms with Crippen molar-refractivity contribution in [3.8, 4) is 0 Å². The molecule has 1 rings (SSSR count). The Bertz CT molecular complexity index is 231. The average molecular weight is 228 g/mol. The van der Waals surface area contributed by atoms with Gasteiger partial charge in [0.25, 0.3) is 0 Å². The first-order valence-corrected chi connectivity index (χ1v) is 6.18. The highest BCUT2D eigenvalue weighted by atomic mass is 16.3. The van der Waals surface area contributed by atoms with Crippen LogP contribution in [0.5, 0.6) is 0 Å². The monoisotopic (exact) mass is 228 g/mol. The molecule has 4 heteroatoms. The van der Waals surface area contributed by atoms with Crippen LogP contribution in [-0.4, -0.2) is 53.7 Å². The maximum atomic E-state index is 12.0. The van der Waals surface area contributed by atoms with Crippen LogP contribution in [0.2, 0.25) is 0 Å². The molecule has 1 fully saturated rings. The molecule has 0 saturated carbocycles. The number of nitrogens with zero attached hydrogens (tertiary/aromatic N) is 2. The number of hydrogen-bond donors (Lipinski definition) is 1. The van der Waals surface area contributed by atoms with Crippen LogP contribution in [0.4, 0.5) is 4.79 Å². The van der Waals surface area contributed by atoms with Crippen LogP contribution in [0.15, 0.2) is 0 Å². The molecule has 2 amide bonds. The van der Waals surface area contributed by atoms with Gasteiger partial charge < -0.3 is 14.9 Å². The Balaban J connectivity index is 2.37. The molecule has 1 N–H and O–H groups in total. The van der Waals surface area contributed by atoms with E-state index < -0.39 is 0 Å². The van der Waals surface area contributed by atoms with Crippen LogP contribution in [0.25, 0.3) is 0 Å². The Kier molecular flexibility index (Phi) is 5.06. The molecule has 1 aliphatic rings. The van der Waals surface area contributed by atoms with Crippen molar-refractivity contribution < 1.29 is 9.90 Å². The minimum Gasteiger partial charge on any atom is -0.393 e. The molecule has 0 aromatic carbocycles. The molecule has 94 valence electrons. The van der Waals surface area contributed by atoms with Gasteiger partial charge in [-0.1, -0.05) is 6.92 Å². The van der Waals surface area contributed by atoms with Gasteiger partial charge in [0.2, 0.25) is 0 Å². The van der Waals surface area contributed by atoms with E-state index in [2.05, 4.69) is 6.92 Å². The van der Waals surface area contributed by atoms with Crippen LogP contribution in [0.3, 0.4) is 0 Å². The largest absolute Gasteiger partial charge is 0.393 e. The van der Waals surface area contributed by atoms with E-state index in [0.29, 0.717) is 18.9 Å². The minimum absolute atomic E-state index is 0.104. The molecular formula is C12H24N2O2. The molecule has 0 bridgehead atoms. The van der Waals surface area contributed by atoms with Crippen LogP contribution < -0.4 is 0 Å². The Labute approximate surface area is 98.2 Å². The predicted octanol–water partition coefficient (Wildman–Crippen LogP) is 1.54. The summed E-state index contributed by atoms with van der Waals surface area (Å²) in [4.78, 5) is 15.7. The van der Waals surface area contributed by atoms with Crippen LogP contribution >= 0.6 is 0 Å². The number of aliphatic hydroxyl groups is 1. The SMILES string of the molecule is CC(O)CCN(C)C(=O)N1CCCC(C)C1. The number of likely N-dealkylation sites (tertiary alicyclic amines) is 1. The lowest BCUT2D eigenvalue weighted by Crippen LogP contribution is -2.46. The predicted molar refractivity (Wildman–Crippen MR) is 64.3 cm³/mol. The number of rotatable bonds is 3. The molecule has 1 saturated heterocycles. The minimum atomic E-state index is -0.337. The van der Waals surface area contributed by atoms with Crippen molar-refractivity contribution in [2.45, 2.75) is 39.2 Å². The van der Waals surface area contributed by atoms with E-state index in [4.69, 9.17) is 0 Å². The fourth-order valence-corrected chi connectivity index (χ4v) is 2.08. The summed E-state index contributed by atoms with van der Waals surface area (Å²) in [5.41, 5.74) is 0. The van der Waals surface area contributed by atoms with Gasteiger partial charge in [-0.3, -0.25) is 0 Å². The standard InChI is InChI=1S/C12H24N2O2/c1-10-5-4-7-14(9-10)12(16)13(3)8-6-11(2)15/h10-11,15H,4-9H2,1-3H3. The fourth-order valence-electron chi connectivity index (χ4n) is 2.08. The molecular weight excluding hydrogens is 204 g/mol. The van der Waals surface area contributed by atoms with E-state index in [0.717, 1.165) is 19.5 Å². The summed E-state index contributed by atoms with van der Waals surface area (Å²) in [5, 5.41) is 9.18. The van der Waals surface area contributed by atoms with Gasteiger partial charge in [0, 0.05) is 26.7 Å². The molecule has 16 heavy (non-hydrogen) atoms. The third-order valence-corrected chi connectivity index (χ3v) is 3.14. The van der Waals surface area contributed by atoms with Crippen molar-refractivity contribution in [1.82, 2.24) is 9.80 Å². The van der Waals surface area contributed by atoms with E-state index in [9.17, 15) is 9.90 Å². The Morgan fingerprint density at radius 2 is 2.31 bits per heavy atom. The van der Waals surface area contributed by atoms with Gasteiger partial charge in [-0.15, -0.1) is 0 Å². The summed E-state index contributed by atoms with van der Waals surface area (Å²) in [5.74, 6) is 0.614. The number of hydrogen-bond acceptors (Lipinski definition) is 2. The van der Waals surface area contributed by atoms with Crippen molar-refractivity contribution in [1.29, 1.82) is 0 Å². The number of carbonyl (C=O) groups excluding carboxylic acids is 1. The molecule has 0 aliphatic carbocycles. The van der Waals surface area contributed by atoms with Crippen molar-refractivity contribution in [2.75, 3.05) is 26.7 Å². The Morgan fingerprint density at radius 1 is 1.62 bits per heavy atom. The van der Waals surface area contributed by atoms with Crippen molar-refractivity contribution in [3.05, 3.63) is 0 Å². The lowest BCUT2D eigenvalue weighted by molar-refractivity contribution is 0.127. The maximum Gasteiger partial charge on any atom is 0.319 e. The average Bonchev–Trinajstić information content (AvgIpc) is 2.24. The number of carbonyl (C=O) groups is 1. The lowest BCUT2D eigenvalue weighted by atomic mass is 10.0. The molecule has 0 aromatic rings. The second-order valence-corrected chi connectivity index (χ2v) is 5.04. The van der Waals surface area contributed by atoms with E-state index in [1.54, 1.807) is 11.8 Å².